The van der Waals surface area contributed by atoms with Crippen molar-refractivity contribution >= 4 is 27.5 Å². The number of hydrogen-bond donors (Lipinski definition) is 0. The third-order valence-electron chi connectivity index (χ3n) is 2.70. The fourth-order valence-corrected chi connectivity index (χ4v) is 2.63. The normalized spacial score (nSPS) is 10.9. The lowest BCUT2D eigenvalue weighted by atomic mass is 10.0. The van der Waals surface area contributed by atoms with Crippen LogP contribution in [0, 0.1) is 29.1 Å². The molecule has 0 unspecified atom stereocenters. The molecular formula is C13H5BrClF5. The van der Waals surface area contributed by atoms with Crippen molar-refractivity contribution in [1.82, 2.24) is 0 Å². The molecule has 0 spiro atoms. The van der Waals surface area contributed by atoms with Crippen molar-refractivity contribution in [2.24, 2.45) is 0 Å². The van der Waals surface area contributed by atoms with Crippen LogP contribution in [0.25, 0.3) is 11.1 Å². The summed E-state index contributed by atoms with van der Waals surface area (Å²) in [5.41, 5.74) is -0.821. The Labute approximate surface area is 124 Å². The first kappa shape index (κ1) is 15.3. The van der Waals surface area contributed by atoms with Crippen LogP contribution >= 0.6 is 27.5 Å². The van der Waals surface area contributed by atoms with E-state index in [0.717, 1.165) is 0 Å². The SMILES string of the molecule is Fc1c(F)c(F)c(-c2cccc(CBr)c2Cl)c(F)c1F. The van der Waals surface area contributed by atoms with E-state index in [4.69, 9.17) is 11.6 Å². The van der Waals surface area contributed by atoms with Gasteiger partial charge in [0, 0.05) is 10.9 Å². The summed E-state index contributed by atoms with van der Waals surface area (Å²) >= 11 is 9.04. The van der Waals surface area contributed by atoms with Crippen molar-refractivity contribution in [2.75, 3.05) is 0 Å². The van der Waals surface area contributed by atoms with Crippen molar-refractivity contribution in [1.29, 1.82) is 0 Å². The Balaban J connectivity index is 2.84. The highest BCUT2D eigenvalue weighted by Gasteiger charge is 2.27. The van der Waals surface area contributed by atoms with E-state index in [1.165, 1.54) is 12.1 Å². The smallest absolute Gasteiger partial charge is 0.200 e. The zero-order valence-electron chi connectivity index (χ0n) is 9.58. The fraction of sp³-hybridized carbons (Fsp3) is 0.0769. The van der Waals surface area contributed by atoms with E-state index in [2.05, 4.69) is 15.9 Å². The third kappa shape index (κ3) is 2.31. The van der Waals surface area contributed by atoms with Crippen LogP contribution in [0.5, 0.6) is 0 Å². The summed E-state index contributed by atoms with van der Waals surface area (Å²) in [4.78, 5) is 0. The summed E-state index contributed by atoms with van der Waals surface area (Å²) < 4.78 is 66.8. The Hall–Kier alpha value is -1.14. The number of hydrogen-bond acceptors (Lipinski definition) is 0. The van der Waals surface area contributed by atoms with Crippen LogP contribution < -0.4 is 0 Å². The molecule has 2 rings (SSSR count). The number of halogens is 7. The second kappa shape index (κ2) is 5.69. The molecule has 0 radical (unpaired) electrons. The van der Waals surface area contributed by atoms with Crippen molar-refractivity contribution in [3.8, 4) is 11.1 Å². The molecule has 0 fully saturated rings. The van der Waals surface area contributed by atoms with E-state index >= 15 is 0 Å². The van der Waals surface area contributed by atoms with E-state index < -0.39 is 34.6 Å². The maximum absolute atomic E-state index is 13.7. The standard InChI is InChI=1S/C13H5BrClF5/c14-4-5-2-1-3-6(8(5)15)7-9(16)11(18)13(20)12(19)10(7)17/h1-3H,4H2. The van der Waals surface area contributed by atoms with Crippen LogP contribution in [-0.2, 0) is 5.33 Å². The van der Waals surface area contributed by atoms with Crippen molar-refractivity contribution in [2.45, 2.75) is 5.33 Å². The minimum absolute atomic E-state index is 0.0763. The molecular weight excluding hydrogens is 366 g/mol. The summed E-state index contributed by atoms with van der Waals surface area (Å²) in [6, 6.07) is 4.16. The second-order valence-corrected chi connectivity index (χ2v) is 4.80. The van der Waals surface area contributed by atoms with Crippen LogP contribution in [0.15, 0.2) is 18.2 Å². The van der Waals surface area contributed by atoms with Gasteiger partial charge in [-0.3, -0.25) is 0 Å². The van der Waals surface area contributed by atoms with Gasteiger partial charge in [0.25, 0.3) is 0 Å². The summed E-state index contributed by atoms with van der Waals surface area (Å²) in [6.07, 6.45) is 0. The van der Waals surface area contributed by atoms with Gasteiger partial charge in [0.1, 0.15) is 0 Å². The molecule has 0 amide bonds. The van der Waals surface area contributed by atoms with E-state index in [1.54, 1.807) is 6.07 Å². The Morgan fingerprint density at radius 2 is 1.35 bits per heavy atom. The van der Waals surface area contributed by atoms with Crippen molar-refractivity contribution in [3.63, 3.8) is 0 Å². The van der Waals surface area contributed by atoms with Crippen LogP contribution in [0.1, 0.15) is 5.56 Å². The Morgan fingerprint density at radius 3 is 1.85 bits per heavy atom. The third-order valence-corrected chi connectivity index (χ3v) is 3.75. The fourth-order valence-electron chi connectivity index (χ4n) is 1.72. The average molecular weight is 372 g/mol. The molecule has 0 nitrogen and oxygen atoms in total. The molecule has 0 saturated carbocycles. The topological polar surface area (TPSA) is 0 Å². The van der Waals surface area contributed by atoms with Gasteiger partial charge in [-0.1, -0.05) is 45.7 Å². The van der Waals surface area contributed by atoms with Gasteiger partial charge in [0.15, 0.2) is 23.3 Å². The monoisotopic (exact) mass is 370 g/mol. The maximum atomic E-state index is 13.7. The molecule has 0 aliphatic rings. The van der Waals surface area contributed by atoms with Crippen LogP contribution in [0.2, 0.25) is 5.02 Å². The van der Waals surface area contributed by atoms with E-state index in [1.807, 2.05) is 0 Å². The quantitative estimate of drug-likeness (QED) is 0.279. The lowest BCUT2D eigenvalue weighted by Gasteiger charge is -2.11. The highest BCUT2D eigenvalue weighted by molar-refractivity contribution is 9.08. The van der Waals surface area contributed by atoms with Gasteiger partial charge in [-0.05, 0) is 5.56 Å². The molecule has 2 aromatic rings. The van der Waals surface area contributed by atoms with E-state index in [9.17, 15) is 22.0 Å². The van der Waals surface area contributed by atoms with Gasteiger partial charge in [0.2, 0.25) is 5.82 Å². The predicted octanol–water partition coefficient (Wildman–Crippen LogP) is 5.60. The first-order valence-electron chi connectivity index (χ1n) is 5.25. The van der Waals surface area contributed by atoms with Gasteiger partial charge in [0.05, 0.1) is 10.6 Å². The molecule has 0 saturated heterocycles. The van der Waals surface area contributed by atoms with Crippen LogP contribution in [0.4, 0.5) is 22.0 Å². The minimum atomic E-state index is -2.20. The molecule has 0 N–H and O–H groups in total. The summed E-state index contributed by atoms with van der Waals surface area (Å²) in [5.74, 6) is -10.0. The highest BCUT2D eigenvalue weighted by atomic mass is 79.9. The van der Waals surface area contributed by atoms with Gasteiger partial charge in [-0.15, -0.1) is 0 Å². The highest BCUT2D eigenvalue weighted by Crippen LogP contribution is 2.37. The molecule has 0 atom stereocenters. The summed E-state index contributed by atoms with van der Waals surface area (Å²) in [5, 5.41) is 0.197. The molecule has 0 bridgehead atoms. The first-order valence-corrected chi connectivity index (χ1v) is 6.75. The van der Waals surface area contributed by atoms with Crippen molar-refractivity contribution in [3.05, 3.63) is 57.9 Å². The van der Waals surface area contributed by atoms with Gasteiger partial charge >= 0.3 is 0 Å². The summed E-state index contributed by atoms with van der Waals surface area (Å²) in [6.45, 7) is 0. The molecule has 20 heavy (non-hydrogen) atoms. The van der Waals surface area contributed by atoms with E-state index in [0.29, 0.717) is 5.56 Å². The van der Waals surface area contributed by atoms with Crippen LogP contribution in [-0.4, -0.2) is 0 Å². The minimum Gasteiger partial charge on any atom is -0.203 e. The van der Waals surface area contributed by atoms with Gasteiger partial charge < -0.3 is 0 Å². The Morgan fingerprint density at radius 1 is 0.850 bits per heavy atom. The van der Waals surface area contributed by atoms with Crippen molar-refractivity contribution < 1.29 is 22.0 Å². The number of alkyl halides is 1. The zero-order valence-corrected chi connectivity index (χ0v) is 11.9. The Bertz CT molecular complexity index is 658. The number of benzene rings is 2. The predicted molar refractivity (Wildman–Crippen MR) is 69.3 cm³/mol. The maximum Gasteiger partial charge on any atom is 0.200 e. The molecule has 106 valence electrons. The number of rotatable bonds is 2. The van der Waals surface area contributed by atoms with Crippen LogP contribution in [0.3, 0.4) is 0 Å². The lowest BCUT2D eigenvalue weighted by Crippen LogP contribution is -2.04. The molecule has 2 aromatic carbocycles. The average Bonchev–Trinajstić information content (AvgIpc) is 2.45. The molecule has 0 aliphatic heterocycles. The van der Waals surface area contributed by atoms with E-state index in [-0.39, 0.29) is 15.9 Å². The molecule has 0 aromatic heterocycles. The van der Waals surface area contributed by atoms with Gasteiger partial charge in [-0.2, -0.15) is 0 Å². The molecule has 0 aliphatic carbocycles. The zero-order chi connectivity index (χ0) is 15.0. The second-order valence-electron chi connectivity index (χ2n) is 3.86. The van der Waals surface area contributed by atoms with Gasteiger partial charge in [-0.25, -0.2) is 22.0 Å². The largest absolute Gasteiger partial charge is 0.203 e. The lowest BCUT2D eigenvalue weighted by molar-refractivity contribution is 0.381. The molecule has 7 heteroatoms. The molecule has 0 heterocycles. The first-order chi connectivity index (χ1) is 9.40. The Kier molecular flexibility index (Phi) is 4.34. The summed E-state index contributed by atoms with van der Waals surface area (Å²) in [7, 11) is 0.